The molecule has 1 aromatic heterocycles. The Morgan fingerprint density at radius 1 is 1.10 bits per heavy atom. The largest absolute Gasteiger partial charge is 0.255 e. The first-order valence-corrected chi connectivity index (χ1v) is 13.7. The van der Waals surface area contributed by atoms with Crippen LogP contribution in [0.1, 0.15) is 30.5 Å². The molecule has 151 valence electrons. The zero-order valence-electron chi connectivity index (χ0n) is 16.6. The highest BCUT2D eigenvalue weighted by Gasteiger charge is 2.38. The van der Waals surface area contributed by atoms with Crippen molar-refractivity contribution in [2.75, 3.05) is 6.54 Å². The molecule has 4 nitrogen and oxygen atoms in total. The summed E-state index contributed by atoms with van der Waals surface area (Å²) in [4.78, 5) is 4.65. The van der Waals surface area contributed by atoms with Crippen LogP contribution in [0.5, 0.6) is 0 Å². The first-order chi connectivity index (χ1) is 14.0. The zero-order chi connectivity index (χ0) is 20.6. The van der Waals surface area contributed by atoms with Crippen molar-refractivity contribution in [1.29, 1.82) is 0 Å². The molecule has 0 amide bonds. The molecule has 3 aromatic rings. The number of aromatic nitrogens is 1. The van der Waals surface area contributed by atoms with Crippen LogP contribution >= 0.6 is 11.6 Å². The Balaban J connectivity index is 1.83. The third kappa shape index (κ3) is 3.63. The summed E-state index contributed by atoms with van der Waals surface area (Å²) in [6, 6.07) is 17.1. The molecule has 2 heterocycles. The van der Waals surface area contributed by atoms with Gasteiger partial charge in [0.25, 0.3) is 0 Å². The molecule has 1 unspecified atom stereocenters. The number of nitrogens with zero attached hydrogens (tertiary/aromatic N) is 2. The van der Waals surface area contributed by atoms with Crippen molar-refractivity contribution < 1.29 is 8.42 Å². The second kappa shape index (κ2) is 8.18. The SMILES string of the molecule is CC[Si](CC)C1CN(S(=O)(=O)c2cccc3cccnc23)Cc2cccc(Cl)c21. The van der Waals surface area contributed by atoms with E-state index in [0.29, 0.717) is 18.6 Å². The van der Waals surface area contributed by atoms with Gasteiger partial charge in [0.15, 0.2) is 0 Å². The molecule has 0 fully saturated rings. The Labute approximate surface area is 179 Å². The highest BCUT2D eigenvalue weighted by atomic mass is 35.5. The van der Waals surface area contributed by atoms with Crippen LogP contribution in [0.4, 0.5) is 0 Å². The average Bonchev–Trinajstić information content (AvgIpc) is 2.74. The van der Waals surface area contributed by atoms with E-state index in [1.807, 2.05) is 36.4 Å². The van der Waals surface area contributed by atoms with Gasteiger partial charge in [0, 0.05) is 29.7 Å². The number of para-hydroxylation sites is 1. The molecule has 1 atom stereocenters. The summed E-state index contributed by atoms with van der Waals surface area (Å²) in [7, 11) is -4.46. The number of sulfonamides is 1. The van der Waals surface area contributed by atoms with Crippen molar-refractivity contribution in [2.24, 2.45) is 0 Å². The highest BCUT2D eigenvalue weighted by molar-refractivity contribution is 7.89. The maximum absolute atomic E-state index is 13.7. The van der Waals surface area contributed by atoms with Crippen LogP contribution in [0.15, 0.2) is 59.6 Å². The maximum atomic E-state index is 13.7. The van der Waals surface area contributed by atoms with Gasteiger partial charge in [-0.15, -0.1) is 0 Å². The molecule has 1 aliphatic heterocycles. The fourth-order valence-corrected chi connectivity index (χ4v) is 9.20. The van der Waals surface area contributed by atoms with Crippen molar-refractivity contribution >= 4 is 41.3 Å². The van der Waals surface area contributed by atoms with Gasteiger partial charge in [-0.1, -0.05) is 67.9 Å². The molecule has 1 aliphatic rings. The van der Waals surface area contributed by atoms with E-state index in [1.54, 1.807) is 22.6 Å². The van der Waals surface area contributed by atoms with E-state index in [-0.39, 0.29) is 10.4 Å². The number of pyridine rings is 1. The summed E-state index contributed by atoms with van der Waals surface area (Å²) in [6.45, 7) is 5.24. The fraction of sp³-hybridized carbons (Fsp3) is 0.318. The fourth-order valence-electron chi connectivity index (χ4n) is 4.34. The van der Waals surface area contributed by atoms with Gasteiger partial charge in [-0.2, -0.15) is 4.31 Å². The minimum Gasteiger partial charge on any atom is -0.255 e. The standard InChI is InChI=1S/C22H24ClN2O2SSi/c1-3-29(4-2)20-15-25(14-17-9-5-11-18(23)21(17)20)28(26,27)19-12-6-8-16-10-7-13-24-22(16)19/h5-13,20H,3-4,14-15H2,1-2H3. The third-order valence-electron chi connectivity index (χ3n) is 5.84. The highest BCUT2D eigenvalue weighted by Crippen LogP contribution is 2.39. The Hall–Kier alpha value is -1.73. The number of halogens is 1. The smallest absolute Gasteiger partial charge is 0.245 e. The monoisotopic (exact) mass is 443 g/mol. The van der Waals surface area contributed by atoms with Gasteiger partial charge in [-0.25, -0.2) is 8.42 Å². The molecule has 2 aromatic carbocycles. The number of fused-ring (bicyclic) bond motifs is 2. The third-order valence-corrected chi connectivity index (χ3v) is 11.3. The van der Waals surface area contributed by atoms with Crippen molar-refractivity contribution in [1.82, 2.24) is 9.29 Å². The average molecular weight is 444 g/mol. The lowest BCUT2D eigenvalue weighted by molar-refractivity contribution is 0.383. The molecule has 1 radical (unpaired) electrons. The Bertz CT molecular complexity index is 1140. The summed E-state index contributed by atoms with van der Waals surface area (Å²) in [5, 5.41) is 1.60. The Morgan fingerprint density at radius 2 is 1.83 bits per heavy atom. The molecule has 0 aliphatic carbocycles. The lowest BCUT2D eigenvalue weighted by Crippen LogP contribution is -2.43. The molecular formula is C22H24ClN2O2SSi. The van der Waals surface area contributed by atoms with Gasteiger partial charge in [-0.3, -0.25) is 4.98 Å². The quantitative estimate of drug-likeness (QED) is 0.506. The number of rotatable bonds is 5. The predicted molar refractivity (Wildman–Crippen MR) is 120 cm³/mol. The van der Waals surface area contributed by atoms with E-state index in [1.165, 1.54) is 0 Å². The van der Waals surface area contributed by atoms with Gasteiger partial charge in [0.2, 0.25) is 10.0 Å². The Kier molecular flexibility index (Phi) is 5.80. The zero-order valence-corrected chi connectivity index (χ0v) is 19.2. The lowest BCUT2D eigenvalue weighted by Gasteiger charge is -2.37. The summed E-state index contributed by atoms with van der Waals surface area (Å²) in [6.07, 6.45) is 1.64. The first-order valence-electron chi connectivity index (χ1n) is 9.93. The van der Waals surface area contributed by atoms with E-state index in [0.717, 1.165) is 33.6 Å². The van der Waals surface area contributed by atoms with E-state index in [4.69, 9.17) is 11.6 Å². The number of hydrogen-bond acceptors (Lipinski definition) is 3. The van der Waals surface area contributed by atoms with Gasteiger partial charge < -0.3 is 0 Å². The molecule has 0 saturated carbocycles. The molecule has 0 bridgehead atoms. The van der Waals surface area contributed by atoms with E-state index in [2.05, 4.69) is 18.8 Å². The summed E-state index contributed by atoms with van der Waals surface area (Å²) >= 11 is 6.59. The Morgan fingerprint density at radius 3 is 2.59 bits per heavy atom. The summed E-state index contributed by atoms with van der Waals surface area (Å²) in [5.74, 6) is 0. The summed E-state index contributed by atoms with van der Waals surface area (Å²) in [5.41, 5.74) is 2.90. The second-order valence-electron chi connectivity index (χ2n) is 7.36. The van der Waals surface area contributed by atoms with Crippen LogP contribution in [-0.2, 0) is 16.6 Å². The van der Waals surface area contributed by atoms with E-state index < -0.39 is 18.8 Å². The lowest BCUT2D eigenvalue weighted by atomic mass is 10.0. The van der Waals surface area contributed by atoms with Crippen molar-refractivity contribution in [3.05, 3.63) is 70.9 Å². The second-order valence-corrected chi connectivity index (χ2v) is 13.1. The first kappa shape index (κ1) is 20.5. The molecule has 0 saturated heterocycles. The number of hydrogen-bond donors (Lipinski definition) is 0. The maximum Gasteiger partial charge on any atom is 0.245 e. The minimum atomic E-state index is -3.68. The van der Waals surface area contributed by atoms with Gasteiger partial charge >= 0.3 is 0 Å². The van der Waals surface area contributed by atoms with Crippen LogP contribution in [0.2, 0.25) is 17.1 Å². The normalized spacial score (nSPS) is 17.6. The van der Waals surface area contributed by atoms with Gasteiger partial charge in [-0.05, 0) is 34.9 Å². The van der Waals surface area contributed by atoms with Crippen LogP contribution in [0, 0.1) is 0 Å². The van der Waals surface area contributed by atoms with Crippen molar-refractivity contribution in [3.63, 3.8) is 0 Å². The molecule has 0 spiro atoms. The van der Waals surface area contributed by atoms with Crippen LogP contribution in [-0.4, -0.2) is 33.0 Å². The molecule has 29 heavy (non-hydrogen) atoms. The minimum absolute atomic E-state index is 0.185. The van der Waals surface area contributed by atoms with Crippen molar-refractivity contribution in [2.45, 2.75) is 42.9 Å². The molecule has 4 rings (SSSR count). The number of benzene rings is 2. The van der Waals surface area contributed by atoms with E-state index in [9.17, 15) is 8.42 Å². The topological polar surface area (TPSA) is 50.3 Å². The van der Waals surface area contributed by atoms with Crippen molar-refractivity contribution in [3.8, 4) is 0 Å². The predicted octanol–water partition coefficient (Wildman–Crippen LogP) is 5.25. The van der Waals surface area contributed by atoms with Crippen LogP contribution in [0.25, 0.3) is 10.9 Å². The van der Waals surface area contributed by atoms with Crippen LogP contribution in [0.3, 0.4) is 0 Å². The molecular weight excluding hydrogens is 420 g/mol. The molecule has 7 heteroatoms. The summed E-state index contributed by atoms with van der Waals surface area (Å²) < 4.78 is 29.0. The van der Waals surface area contributed by atoms with Gasteiger partial charge in [0.05, 0.1) is 14.3 Å². The van der Waals surface area contributed by atoms with Gasteiger partial charge in [0.1, 0.15) is 4.90 Å². The molecule has 0 N–H and O–H groups in total. The van der Waals surface area contributed by atoms with Crippen LogP contribution < -0.4 is 0 Å². The van der Waals surface area contributed by atoms with E-state index >= 15 is 0 Å².